The molecule has 0 fully saturated rings. The first kappa shape index (κ1) is 14.6. The molecule has 100 valence electrons. The van der Waals surface area contributed by atoms with Crippen molar-refractivity contribution in [2.24, 2.45) is 0 Å². The molecule has 0 radical (unpaired) electrons. The molecule has 3 heteroatoms. The Balaban J connectivity index is 2.83. The lowest BCUT2D eigenvalue weighted by molar-refractivity contribution is 0.0696. The monoisotopic (exact) mass is 249 g/mol. The Kier molecular flexibility index (Phi) is 5.69. The van der Waals surface area contributed by atoms with E-state index in [1.54, 1.807) is 12.1 Å². The molecule has 1 aromatic rings. The van der Waals surface area contributed by atoms with Gasteiger partial charge in [0.05, 0.1) is 5.56 Å². The van der Waals surface area contributed by atoms with Crippen molar-refractivity contribution in [1.82, 2.24) is 0 Å². The van der Waals surface area contributed by atoms with Crippen molar-refractivity contribution in [3.63, 3.8) is 0 Å². The molecular formula is C15H23NO2. The number of benzene rings is 1. The van der Waals surface area contributed by atoms with Crippen molar-refractivity contribution >= 4 is 11.7 Å². The number of hydrogen-bond acceptors (Lipinski definition) is 2. The molecule has 1 unspecified atom stereocenters. The predicted octanol–water partition coefficient (Wildman–Crippen LogP) is 4.07. The molecule has 0 heterocycles. The summed E-state index contributed by atoms with van der Waals surface area (Å²) in [6, 6.07) is 5.82. The van der Waals surface area contributed by atoms with Gasteiger partial charge in [0, 0.05) is 11.7 Å². The van der Waals surface area contributed by atoms with Crippen molar-refractivity contribution in [3.8, 4) is 0 Å². The lowest BCUT2D eigenvalue weighted by atomic mass is 10.0. The van der Waals surface area contributed by atoms with Crippen LogP contribution < -0.4 is 5.32 Å². The van der Waals surface area contributed by atoms with Crippen LogP contribution >= 0.6 is 0 Å². The van der Waals surface area contributed by atoms with Gasteiger partial charge in [-0.15, -0.1) is 0 Å². The van der Waals surface area contributed by atoms with Crippen LogP contribution in [-0.4, -0.2) is 17.1 Å². The number of hydrogen-bond donors (Lipinski definition) is 2. The highest BCUT2D eigenvalue weighted by molar-refractivity contribution is 5.91. The van der Waals surface area contributed by atoms with Crippen LogP contribution in [0.1, 0.15) is 55.5 Å². The molecule has 0 aliphatic rings. The van der Waals surface area contributed by atoms with E-state index < -0.39 is 5.97 Å². The van der Waals surface area contributed by atoms with Gasteiger partial charge in [0.2, 0.25) is 0 Å². The second-order valence-corrected chi connectivity index (χ2v) is 4.68. The molecule has 0 aromatic heterocycles. The summed E-state index contributed by atoms with van der Waals surface area (Å²) in [6.45, 7) is 6.20. The maximum atomic E-state index is 11.1. The second-order valence-electron chi connectivity index (χ2n) is 4.68. The van der Waals surface area contributed by atoms with Gasteiger partial charge in [-0.3, -0.25) is 0 Å². The number of nitrogens with one attached hydrogen (secondary N) is 1. The molecular weight excluding hydrogens is 226 g/mol. The quantitative estimate of drug-likeness (QED) is 0.765. The van der Waals surface area contributed by atoms with Crippen molar-refractivity contribution in [3.05, 3.63) is 29.3 Å². The Bertz CT molecular complexity index is 401. The summed E-state index contributed by atoms with van der Waals surface area (Å²) in [7, 11) is 0. The van der Waals surface area contributed by atoms with Gasteiger partial charge in [0.25, 0.3) is 0 Å². The van der Waals surface area contributed by atoms with Gasteiger partial charge in [0.15, 0.2) is 0 Å². The maximum absolute atomic E-state index is 11.1. The van der Waals surface area contributed by atoms with E-state index in [0.717, 1.165) is 24.1 Å². The van der Waals surface area contributed by atoms with E-state index in [1.807, 2.05) is 13.0 Å². The second kappa shape index (κ2) is 7.04. The molecule has 0 aliphatic carbocycles. The topological polar surface area (TPSA) is 49.3 Å². The van der Waals surface area contributed by atoms with Crippen molar-refractivity contribution in [1.29, 1.82) is 0 Å². The molecule has 2 N–H and O–H groups in total. The molecule has 3 nitrogen and oxygen atoms in total. The van der Waals surface area contributed by atoms with E-state index >= 15 is 0 Å². The van der Waals surface area contributed by atoms with Crippen molar-refractivity contribution < 1.29 is 9.90 Å². The minimum absolute atomic E-state index is 0.380. The minimum Gasteiger partial charge on any atom is -0.478 e. The first-order valence-corrected chi connectivity index (χ1v) is 6.69. The Morgan fingerprint density at radius 1 is 1.39 bits per heavy atom. The Morgan fingerprint density at radius 3 is 2.67 bits per heavy atom. The van der Waals surface area contributed by atoms with Gasteiger partial charge in [0.1, 0.15) is 0 Å². The van der Waals surface area contributed by atoms with Gasteiger partial charge < -0.3 is 10.4 Å². The fraction of sp³-hybridized carbons (Fsp3) is 0.533. The summed E-state index contributed by atoms with van der Waals surface area (Å²) in [5.74, 6) is -0.863. The highest BCUT2D eigenvalue weighted by atomic mass is 16.4. The molecule has 0 amide bonds. The molecule has 18 heavy (non-hydrogen) atoms. The average Bonchev–Trinajstić information content (AvgIpc) is 2.36. The minimum atomic E-state index is -0.863. The van der Waals surface area contributed by atoms with Crippen LogP contribution in [0.4, 0.5) is 5.69 Å². The van der Waals surface area contributed by atoms with E-state index in [2.05, 4.69) is 19.2 Å². The third-order valence-electron chi connectivity index (χ3n) is 3.32. The Morgan fingerprint density at radius 2 is 2.11 bits per heavy atom. The SMILES string of the molecule is CCCCC(CC)Nc1cccc(C(=O)O)c1C. The molecule has 0 spiro atoms. The summed E-state index contributed by atoms with van der Waals surface area (Å²) in [4.78, 5) is 11.1. The standard InChI is InChI=1S/C15H23NO2/c1-4-6-8-12(5-2)16-14-10-7-9-13(11(14)3)15(17)18/h7,9-10,12,16H,4-6,8H2,1-3H3,(H,17,18). The zero-order chi connectivity index (χ0) is 13.5. The largest absolute Gasteiger partial charge is 0.478 e. The number of carboxylic acids is 1. The predicted molar refractivity (Wildman–Crippen MR) is 75.4 cm³/mol. The van der Waals surface area contributed by atoms with Crippen molar-refractivity contribution in [2.75, 3.05) is 5.32 Å². The van der Waals surface area contributed by atoms with Gasteiger partial charge in [-0.25, -0.2) is 4.79 Å². The van der Waals surface area contributed by atoms with E-state index in [9.17, 15) is 4.79 Å². The van der Waals surface area contributed by atoms with Crippen LogP contribution in [0.3, 0.4) is 0 Å². The molecule has 0 saturated carbocycles. The van der Waals surface area contributed by atoms with Crippen LogP contribution in [0.25, 0.3) is 0 Å². The molecule has 1 atom stereocenters. The molecule has 0 aliphatic heterocycles. The molecule has 0 saturated heterocycles. The van der Waals surface area contributed by atoms with E-state index in [-0.39, 0.29) is 0 Å². The lowest BCUT2D eigenvalue weighted by Gasteiger charge is -2.20. The third-order valence-corrected chi connectivity index (χ3v) is 3.32. The number of rotatable bonds is 7. The van der Waals surface area contributed by atoms with Crippen LogP contribution in [0.5, 0.6) is 0 Å². The third kappa shape index (κ3) is 3.76. The van der Waals surface area contributed by atoms with Gasteiger partial charge in [-0.05, 0) is 37.5 Å². The average molecular weight is 249 g/mol. The van der Waals surface area contributed by atoms with Gasteiger partial charge in [-0.1, -0.05) is 32.8 Å². The fourth-order valence-corrected chi connectivity index (χ4v) is 2.07. The van der Waals surface area contributed by atoms with Crippen LogP contribution in [0.2, 0.25) is 0 Å². The summed E-state index contributed by atoms with van der Waals surface area (Å²) in [5.41, 5.74) is 2.14. The Labute approximate surface area is 109 Å². The van der Waals surface area contributed by atoms with Crippen molar-refractivity contribution in [2.45, 2.75) is 52.5 Å². The summed E-state index contributed by atoms with van der Waals surface area (Å²) in [6.07, 6.45) is 4.57. The number of anilines is 1. The number of carboxylic acid groups (broad SMARTS) is 1. The maximum Gasteiger partial charge on any atom is 0.336 e. The number of aromatic carboxylic acids is 1. The lowest BCUT2D eigenvalue weighted by Crippen LogP contribution is -2.19. The molecule has 1 aromatic carbocycles. The highest BCUT2D eigenvalue weighted by Crippen LogP contribution is 2.21. The summed E-state index contributed by atoms with van der Waals surface area (Å²) < 4.78 is 0. The summed E-state index contributed by atoms with van der Waals surface area (Å²) >= 11 is 0. The Hall–Kier alpha value is -1.51. The van der Waals surface area contributed by atoms with Gasteiger partial charge in [-0.2, -0.15) is 0 Å². The zero-order valence-electron chi connectivity index (χ0n) is 11.5. The zero-order valence-corrected chi connectivity index (χ0v) is 11.5. The highest BCUT2D eigenvalue weighted by Gasteiger charge is 2.12. The first-order valence-electron chi connectivity index (χ1n) is 6.69. The molecule has 0 bridgehead atoms. The fourth-order valence-electron chi connectivity index (χ4n) is 2.07. The molecule has 1 rings (SSSR count). The first-order chi connectivity index (χ1) is 8.60. The van der Waals surface area contributed by atoms with E-state index in [1.165, 1.54) is 12.8 Å². The summed E-state index contributed by atoms with van der Waals surface area (Å²) in [5, 5.41) is 12.6. The van der Waals surface area contributed by atoms with E-state index in [0.29, 0.717) is 11.6 Å². The van der Waals surface area contributed by atoms with Crippen LogP contribution in [0, 0.1) is 6.92 Å². The normalized spacial score (nSPS) is 12.2. The number of carbonyl (C=O) groups is 1. The van der Waals surface area contributed by atoms with Gasteiger partial charge >= 0.3 is 5.97 Å². The smallest absolute Gasteiger partial charge is 0.336 e. The van der Waals surface area contributed by atoms with Crippen LogP contribution in [0.15, 0.2) is 18.2 Å². The van der Waals surface area contributed by atoms with E-state index in [4.69, 9.17) is 5.11 Å². The number of unbranched alkanes of at least 4 members (excludes halogenated alkanes) is 1. The van der Waals surface area contributed by atoms with Crippen LogP contribution in [-0.2, 0) is 0 Å².